The fourth-order valence-electron chi connectivity index (χ4n) is 3.97. The number of likely N-dealkylation sites (tertiary alicyclic amines) is 1. The number of fused-ring (bicyclic) bond motifs is 1. The first-order valence-corrected chi connectivity index (χ1v) is 9.23. The molecule has 5 nitrogen and oxygen atoms in total. The molecular formula is C18H21Cl2NO4. The Morgan fingerprint density at radius 1 is 1.24 bits per heavy atom. The molecule has 136 valence electrons. The van der Waals surface area contributed by atoms with Crippen LogP contribution in [0.5, 0.6) is 5.75 Å². The van der Waals surface area contributed by atoms with E-state index in [-0.39, 0.29) is 24.5 Å². The number of nitrogens with zero attached hydrogens (tertiary/aromatic N) is 1. The van der Waals surface area contributed by atoms with Crippen LogP contribution >= 0.6 is 23.2 Å². The second-order valence-electron chi connectivity index (χ2n) is 6.55. The van der Waals surface area contributed by atoms with E-state index in [1.165, 1.54) is 7.11 Å². The predicted octanol–water partition coefficient (Wildman–Crippen LogP) is 3.70. The molecule has 2 aliphatic rings. The lowest BCUT2D eigenvalue weighted by molar-refractivity contribution is -0.153. The van der Waals surface area contributed by atoms with Crippen LogP contribution in [0.1, 0.15) is 32.1 Å². The van der Waals surface area contributed by atoms with Crippen LogP contribution in [0.3, 0.4) is 0 Å². The summed E-state index contributed by atoms with van der Waals surface area (Å²) in [4.78, 5) is 26.6. The van der Waals surface area contributed by atoms with Crippen LogP contribution in [-0.4, -0.2) is 42.6 Å². The van der Waals surface area contributed by atoms with Gasteiger partial charge in [0.05, 0.1) is 12.1 Å². The van der Waals surface area contributed by atoms with Gasteiger partial charge >= 0.3 is 5.97 Å². The van der Waals surface area contributed by atoms with E-state index in [0.717, 1.165) is 25.7 Å². The van der Waals surface area contributed by atoms with Crippen molar-refractivity contribution >= 4 is 35.1 Å². The molecule has 0 N–H and O–H groups in total. The summed E-state index contributed by atoms with van der Waals surface area (Å²) in [5.41, 5.74) is 0. The number of benzene rings is 1. The summed E-state index contributed by atoms with van der Waals surface area (Å²) in [6.45, 7) is -0.184. The second kappa shape index (κ2) is 7.83. The molecule has 1 aromatic rings. The molecule has 0 spiro atoms. The molecule has 1 saturated heterocycles. The molecule has 2 fully saturated rings. The van der Waals surface area contributed by atoms with Gasteiger partial charge < -0.3 is 14.4 Å². The molecule has 25 heavy (non-hydrogen) atoms. The van der Waals surface area contributed by atoms with Crippen molar-refractivity contribution in [2.45, 2.75) is 44.2 Å². The number of esters is 1. The number of rotatable bonds is 4. The quantitative estimate of drug-likeness (QED) is 0.741. The molecule has 1 aromatic carbocycles. The Morgan fingerprint density at radius 2 is 2.00 bits per heavy atom. The molecule has 1 aliphatic heterocycles. The molecule has 0 aromatic heterocycles. The molecule has 1 amide bonds. The summed E-state index contributed by atoms with van der Waals surface area (Å²) < 4.78 is 10.5. The van der Waals surface area contributed by atoms with Crippen molar-refractivity contribution in [3.8, 4) is 5.75 Å². The summed E-state index contributed by atoms with van der Waals surface area (Å²) in [6.07, 6.45) is 4.84. The lowest BCUT2D eigenvalue weighted by atomic mass is 9.85. The van der Waals surface area contributed by atoms with Crippen molar-refractivity contribution < 1.29 is 19.1 Å². The van der Waals surface area contributed by atoms with E-state index in [9.17, 15) is 9.59 Å². The van der Waals surface area contributed by atoms with Gasteiger partial charge in [-0.05, 0) is 37.3 Å². The average molecular weight is 386 g/mol. The van der Waals surface area contributed by atoms with E-state index < -0.39 is 6.04 Å². The topological polar surface area (TPSA) is 55.8 Å². The lowest BCUT2D eigenvalue weighted by Crippen LogP contribution is -2.48. The molecule has 3 atom stereocenters. The van der Waals surface area contributed by atoms with Crippen molar-refractivity contribution in [3.63, 3.8) is 0 Å². The fraction of sp³-hybridized carbons (Fsp3) is 0.556. The van der Waals surface area contributed by atoms with Gasteiger partial charge in [-0.25, -0.2) is 4.79 Å². The van der Waals surface area contributed by atoms with Crippen LogP contribution in [0.15, 0.2) is 18.2 Å². The van der Waals surface area contributed by atoms with Crippen LogP contribution < -0.4 is 4.74 Å². The van der Waals surface area contributed by atoms with Crippen LogP contribution in [0.2, 0.25) is 10.0 Å². The summed E-state index contributed by atoms with van der Waals surface area (Å²) in [6, 6.07) is 4.41. The maximum atomic E-state index is 12.8. The zero-order valence-corrected chi connectivity index (χ0v) is 15.6. The Balaban J connectivity index is 1.73. The van der Waals surface area contributed by atoms with E-state index in [2.05, 4.69) is 0 Å². The van der Waals surface area contributed by atoms with Crippen LogP contribution in [0.25, 0.3) is 0 Å². The predicted molar refractivity (Wildman–Crippen MR) is 95.0 cm³/mol. The third-order valence-electron chi connectivity index (χ3n) is 5.09. The summed E-state index contributed by atoms with van der Waals surface area (Å²) >= 11 is 12.0. The number of methoxy groups -OCH3 is 1. The molecule has 1 saturated carbocycles. The second-order valence-corrected chi connectivity index (χ2v) is 7.39. The molecule has 1 aliphatic carbocycles. The van der Waals surface area contributed by atoms with Gasteiger partial charge in [0.25, 0.3) is 5.91 Å². The van der Waals surface area contributed by atoms with E-state index in [4.69, 9.17) is 32.7 Å². The maximum Gasteiger partial charge on any atom is 0.328 e. The molecule has 3 unspecified atom stereocenters. The van der Waals surface area contributed by atoms with E-state index in [1.807, 2.05) is 0 Å². The summed E-state index contributed by atoms with van der Waals surface area (Å²) in [5, 5.41) is 0.867. The van der Waals surface area contributed by atoms with Crippen LogP contribution in [0.4, 0.5) is 0 Å². The minimum Gasteiger partial charge on any atom is -0.482 e. The lowest BCUT2D eigenvalue weighted by Gasteiger charge is -2.33. The fourth-order valence-corrected chi connectivity index (χ4v) is 4.30. The standard InChI is InChI=1S/C18H21Cl2NO4/c1-24-18(23)15-8-11-4-2-3-5-14(11)21(15)17(22)10-25-16-9-12(19)6-7-13(16)20/h6-7,9,11,14-15H,2-5,8,10H2,1H3. The Morgan fingerprint density at radius 3 is 2.76 bits per heavy atom. The highest BCUT2D eigenvalue weighted by Gasteiger charge is 2.47. The Labute approximate surface area is 157 Å². The zero-order valence-electron chi connectivity index (χ0n) is 14.0. The van der Waals surface area contributed by atoms with Gasteiger partial charge in [0.2, 0.25) is 0 Å². The molecule has 0 bridgehead atoms. The average Bonchev–Trinajstić information content (AvgIpc) is 3.01. The first-order valence-electron chi connectivity index (χ1n) is 8.48. The van der Waals surface area contributed by atoms with Crippen molar-refractivity contribution in [2.24, 2.45) is 5.92 Å². The summed E-state index contributed by atoms with van der Waals surface area (Å²) in [5.74, 6) is 0.137. The van der Waals surface area contributed by atoms with Gasteiger partial charge in [0.1, 0.15) is 11.8 Å². The highest BCUT2D eigenvalue weighted by Crippen LogP contribution is 2.40. The molecule has 0 radical (unpaired) electrons. The van der Waals surface area contributed by atoms with E-state index in [0.29, 0.717) is 28.1 Å². The SMILES string of the molecule is COC(=O)C1CC2CCCCC2N1C(=O)COc1cc(Cl)ccc1Cl. The first kappa shape index (κ1) is 18.3. The van der Waals surface area contributed by atoms with E-state index >= 15 is 0 Å². The molecular weight excluding hydrogens is 365 g/mol. The summed E-state index contributed by atoms with van der Waals surface area (Å²) in [7, 11) is 1.36. The number of carbonyl (C=O) groups excluding carboxylic acids is 2. The van der Waals surface area contributed by atoms with Gasteiger partial charge in [0, 0.05) is 17.1 Å². The Kier molecular flexibility index (Phi) is 5.74. The van der Waals surface area contributed by atoms with Crippen LogP contribution in [-0.2, 0) is 14.3 Å². The molecule has 3 rings (SSSR count). The Hall–Kier alpha value is -1.46. The number of carbonyl (C=O) groups is 2. The van der Waals surface area contributed by atoms with Gasteiger partial charge in [-0.15, -0.1) is 0 Å². The minimum atomic E-state index is -0.524. The first-order chi connectivity index (χ1) is 12.0. The number of halogens is 2. The highest BCUT2D eigenvalue weighted by atomic mass is 35.5. The van der Waals surface area contributed by atoms with Gasteiger partial charge in [0.15, 0.2) is 6.61 Å². The zero-order chi connectivity index (χ0) is 18.0. The monoisotopic (exact) mass is 385 g/mol. The molecule has 7 heteroatoms. The smallest absolute Gasteiger partial charge is 0.328 e. The third kappa shape index (κ3) is 3.87. The van der Waals surface area contributed by atoms with Crippen molar-refractivity contribution in [3.05, 3.63) is 28.2 Å². The van der Waals surface area contributed by atoms with Gasteiger partial charge in [-0.2, -0.15) is 0 Å². The number of ether oxygens (including phenoxy) is 2. The van der Waals surface area contributed by atoms with Gasteiger partial charge in [-0.1, -0.05) is 36.0 Å². The van der Waals surface area contributed by atoms with Crippen molar-refractivity contribution in [1.82, 2.24) is 4.90 Å². The van der Waals surface area contributed by atoms with Crippen molar-refractivity contribution in [2.75, 3.05) is 13.7 Å². The maximum absolute atomic E-state index is 12.8. The van der Waals surface area contributed by atoms with Gasteiger partial charge in [-0.3, -0.25) is 4.79 Å². The normalized spacial score (nSPS) is 25.4. The third-order valence-corrected chi connectivity index (χ3v) is 5.64. The van der Waals surface area contributed by atoms with E-state index in [1.54, 1.807) is 23.1 Å². The largest absolute Gasteiger partial charge is 0.482 e. The van der Waals surface area contributed by atoms with Crippen LogP contribution in [0, 0.1) is 5.92 Å². The number of hydrogen-bond acceptors (Lipinski definition) is 4. The minimum absolute atomic E-state index is 0.0868. The number of hydrogen-bond donors (Lipinski definition) is 0. The number of amides is 1. The Bertz CT molecular complexity index is 666. The molecule has 1 heterocycles. The van der Waals surface area contributed by atoms with Crippen molar-refractivity contribution in [1.29, 1.82) is 0 Å². The highest BCUT2D eigenvalue weighted by molar-refractivity contribution is 6.34.